The molecule has 1 atom stereocenters. The molecule has 0 spiro atoms. The van der Waals surface area contributed by atoms with Crippen molar-refractivity contribution >= 4 is 27.7 Å². The van der Waals surface area contributed by atoms with E-state index < -0.39 is 22.0 Å². The van der Waals surface area contributed by atoms with Gasteiger partial charge >= 0.3 is 0 Å². The molecule has 2 aromatic rings. The lowest BCUT2D eigenvalue weighted by Crippen LogP contribution is -2.49. The van der Waals surface area contributed by atoms with Gasteiger partial charge in [-0.1, -0.05) is 49.4 Å². The summed E-state index contributed by atoms with van der Waals surface area (Å²) < 4.78 is 26.2. The Balaban J connectivity index is 1.68. The molecule has 0 bridgehead atoms. The number of fused-ring (bicyclic) bond motifs is 1. The quantitative estimate of drug-likeness (QED) is 0.572. The number of hydrogen-bond donors (Lipinski definition) is 1. The SMILES string of the molecule is CC[C@@H](C(=O)NC)N(CCc1ccccc1)C(=O)CCCN1C(=O)c2ccccc2S1(=O)=O. The van der Waals surface area contributed by atoms with E-state index in [1.54, 1.807) is 17.0 Å². The van der Waals surface area contributed by atoms with E-state index >= 15 is 0 Å². The summed E-state index contributed by atoms with van der Waals surface area (Å²) >= 11 is 0. The van der Waals surface area contributed by atoms with Crippen LogP contribution >= 0.6 is 0 Å². The highest BCUT2D eigenvalue weighted by atomic mass is 32.2. The molecule has 3 amide bonds. The standard InChI is InChI=1S/C24H29N3O5S/c1-3-20(23(29)25-2)26(17-15-18-10-5-4-6-11-18)22(28)14-9-16-27-24(30)19-12-7-8-13-21(19)33(27,31)32/h4-8,10-13,20H,3,9,14-17H2,1-2H3,(H,25,29)/t20-/m0/s1. The van der Waals surface area contributed by atoms with Gasteiger partial charge in [-0.25, -0.2) is 12.7 Å². The van der Waals surface area contributed by atoms with Gasteiger partial charge in [0, 0.05) is 26.6 Å². The van der Waals surface area contributed by atoms with Crippen molar-refractivity contribution in [2.24, 2.45) is 0 Å². The maximum absolute atomic E-state index is 13.1. The van der Waals surface area contributed by atoms with Crippen LogP contribution in [0.1, 0.15) is 42.1 Å². The van der Waals surface area contributed by atoms with E-state index in [9.17, 15) is 22.8 Å². The number of rotatable bonds is 10. The second-order valence-electron chi connectivity index (χ2n) is 7.84. The number of carbonyl (C=O) groups excluding carboxylic acids is 3. The van der Waals surface area contributed by atoms with Gasteiger partial charge in [0.05, 0.1) is 5.56 Å². The fraction of sp³-hybridized carbons (Fsp3) is 0.375. The van der Waals surface area contributed by atoms with Gasteiger partial charge in [-0.3, -0.25) is 14.4 Å². The largest absolute Gasteiger partial charge is 0.357 e. The van der Waals surface area contributed by atoms with Crippen molar-refractivity contribution in [3.63, 3.8) is 0 Å². The predicted molar refractivity (Wildman–Crippen MR) is 124 cm³/mol. The summed E-state index contributed by atoms with van der Waals surface area (Å²) in [5, 5.41) is 2.61. The molecule has 176 valence electrons. The zero-order valence-electron chi connectivity index (χ0n) is 18.9. The van der Waals surface area contributed by atoms with Crippen molar-refractivity contribution in [1.29, 1.82) is 0 Å². The topological polar surface area (TPSA) is 104 Å². The molecule has 1 aliphatic heterocycles. The van der Waals surface area contributed by atoms with Crippen molar-refractivity contribution in [1.82, 2.24) is 14.5 Å². The minimum absolute atomic E-state index is 0.00326. The predicted octanol–water partition coefficient (Wildman–Crippen LogP) is 2.21. The first kappa shape index (κ1) is 24.4. The van der Waals surface area contributed by atoms with Crippen LogP contribution in [0.5, 0.6) is 0 Å². The van der Waals surface area contributed by atoms with Crippen LogP contribution in [0.4, 0.5) is 0 Å². The van der Waals surface area contributed by atoms with Crippen molar-refractivity contribution < 1.29 is 22.8 Å². The van der Waals surface area contributed by atoms with Crippen molar-refractivity contribution in [3.8, 4) is 0 Å². The number of amides is 3. The molecule has 8 nitrogen and oxygen atoms in total. The zero-order chi connectivity index (χ0) is 24.0. The smallest absolute Gasteiger partial charge is 0.269 e. The first-order valence-electron chi connectivity index (χ1n) is 11.0. The Hall–Kier alpha value is -3.20. The number of benzene rings is 2. The lowest BCUT2D eigenvalue weighted by Gasteiger charge is -2.30. The summed E-state index contributed by atoms with van der Waals surface area (Å²) in [5.74, 6) is -1.06. The molecule has 1 N–H and O–H groups in total. The van der Waals surface area contributed by atoms with Gasteiger partial charge in [-0.15, -0.1) is 0 Å². The van der Waals surface area contributed by atoms with E-state index in [0.29, 0.717) is 19.4 Å². The van der Waals surface area contributed by atoms with E-state index in [0.717, 1.165) is 9.87 Å². The molecule has 1 aliphatic rings. The van der Waals surface area contributed by atoms with Crippen LogP contribution in [0.2, 0.25) is 0 Å². The average Bonchev–Trinajstić information content (AvgIpc) is 3.02. The molecular weight excluding hydrogens is 442 g/mol. The summed E-state index contributed by atoms with van der Waals surface area (Å²) in [5.41, 5.74) is 1.20. The van der Waals surface area contributed by atoms with Crippen LogP contribution in [0.15, 0.2) is 59.5 Å². The number of nitrogens with zero attached hydrogens (tertiary/aromatic N) is 2. The second kappa shape index (κ2) is 10.6. The number of carbonyl (C=O) groups is 3. The van der Waals surface area contributed by atoms with E-state index in [1.807, 2.05) is 37.3 Å². The minimum Gasteiger partial charge on any atom is -0.357 e. The highest BCUT2D eigenvalue weighted by molar-refractivity contribution is 7.90. The highest BCUT2D eigenvalue weighted by Crippen LogP contribution is 2.30. The number of nitrogens with one attached hydrogen (secondary N) is 1. The van der Waals surface area contributed by atoms with E-state index in [1.165, 1.54) is 19.2 Å². The maximum atomic E-state index is 13.1. The summed E-state index contributed by atoms with van der Waals surface area (Å²) in [4.78, 5) is 39.6. The van der Waals surface area contributed by atoms with Gasteiger partial charge in [0.15, 0.2) is 0 Å². The van der Waals surface area contributed by atoms with Crippen molar-refractivity contribution in [2.45, 2.75) is 43.5 Å². The molecule has 0 unspecified atom stereocenters. The van der Waals surface area contributed by atoms with E-state index in [2.05, 4.69) is 5.32 Å². The number of hydrogen-bond acceptors (Lipinski definition) is 5. The van der Waals surface area contributed by atoms with Crippen LogP contribution in [-0.2, 0) is 26.0 Å². The summed E-state index contributed by atoms with van der Waals surface area (Å²) in [7, 11) is -2.37. The van der Waals surface area contributed by atoms with Crippen LogP contribution in [0.3, 0.4) is 0 Å². The third-order valence-electron chi connectivity index (χ3n) is 5.78. The Kier molecular flexibility index (Phi) is 7.86. The first-order valence-corrected chi connectivity index (χ1v) is 12.5. The Labute approximate surface area is 194 Å². The summed E-state index contributed by atoms with van der Waals surface area (Å²) in [6.07, 6.45) is 1.24. The van der Waals surface area contributed by atoms with Crippen LogP contribution in [0.25, 0.3) is 0 Å². The van der Waals surface area contributed by atoms with Crippen molar-refractivity contribution in [2.75, 3.05) is 20.1 Å². The van der Waals surface area contributed by atoms with Crippen LogP contribution < -0.4 is 5.32 Å². The third-order valence-corrected chi connectivity index (χ3v) is 7.62. The molecule has 0 saturated carbocycles. The molecule has 3 rings (SSSR count). The third kappa shape index (κ3) is 5.24. The summed E-state index contributed by atoms with van der Waals surface area (Å²) in [6, 6.07) is 15.2. The molecule has 0 aromatic heterocycles. The molecule has 0 fully saturated rings. The maximum Gasteiger partial charge on any atom is 0.269 e. The Morgan fingerprint density at radius 2 is 1.73 bits per heavy atom. The molecular formula is C24H29N3O5S. The monoisotopic (exact) mass is 471 g/mol. The lowest BCUT2D eigenvalue weighted by molar-refractivity contribution is -0.140. The molecule has 0 radical (unpaired) electrons. The summed E-state index contributed by atoms with van der Waals surface area (Å²) in [6.45, 7) is 2.11. The second-order valence-corrected chi connectivity index (χ2v) is 9.67. The number of sulfonamides is 1. The fourth-order valence-electron chi connectivity index (χ4n) is 4.03. The molecule has 0 aliphatic carbocycles. The molecule has 0 saturated heterocycles. The Bertz CT molecular complexity index is 1120. The lowest BCUT2D eigenvalue weighted by atomic mass is 10.1. The Morgan fingerprint density at radius 1 is 1.06 bits per heavy atom. The first-order chi connectivity index (χ1) is 15.8. The van der Waals surface area contributed by atoms with E-state index in [4.69, 9.17) is 0 Å². The van der Waals surface area contributed by atoms with Gasteiger partial charge in [-0.05, 0) is 37.0 Å². The van der Waals surface area contributed by atoms with Gasteiger partial charge in [0.1, 0.15) is 10.9 Å². The molecule has 33 heavy (non-hydrogen) atoms. The Morgan fingerprint density at radius 3 is 2.36 bits per heavy atom. The minimum atomic E-state index is -3.90. The van der Waals surface area contributed by atoms with E-state index in [-0.39, 0.29) is 41.7 Å². The van der Waals surface area contributed by atoms with Gasteiger partial charge < -0.3 is 10.2 Å². The van der Waals surface area contributed by atoms with Gasteiger partial charge in [-0.2, -0.15) is 0 Å². The molecule has 9 heteroatoms. The molecule has 2 aromatic carbocycles. The van der Waals surface area contributed by atoms with Crippen LogP contribution in [-0.4, -0.2) is 61.5 Å². The van der Waals surface area contributed by atoms with Gasteiger partial charge in [0.2, 0.25) is 11.8 Å². The fourth-order valence-corrected chi connectivity index (χ4v) is 5.64. The zero-order valence-corrected chi connectivity index (χ0v) is 19.7. The normalized spacial score (nSPS) is 15.1. The van der Waals surface area contributed by atoms with Crippen molar-refractivity contribution in [3.05, 3.63) is 65.7 Å². The van der Waals surface area contributed by atoms with Crippen LogP contribution in [0, 0.1) is 0 Å². The van der Waals surface area contributed by atoms with Gasteiger partial charge in [0.25, 0.3) is 15.9 Å². The molecule has 1 heterocycles. The average molecular weight is 472 g/mol. The number of likely N-dealkylation sites (N-methyl/N-ethyl adjacent to an activating group) is 1. The highest BCUT2D eigenvalue weighted by Gasteiger charge is 2.40.